The van der Waals surface area contributed by atoms with Crippen LogP contribution in [-0.2, 0) is 21.6 Å². The third-order valence-corrected chi connectivity index (χ3v) is 0. The van der Waals surface area contributed by atoms with Gasteiger partial charge in [0, 0.05) is 23.7 Å². The van der Waals surface area contributed by atoms with Gasteiger partial charge in [-0.2, -0.15) is 0 Å². The van der Waals surface area contributed by atoms with Crippen LogP contribution in [0.3, 0.4) is 0 Å². The fourth-order valence-electron chi connectivity index (χ4n) is 0. The van der Waals surface area contributed by atoms with Crippen molar-refractivity contribution < 1.29 is 48.6 Å². The Kier molecular flexibility index (Phi) is 345. The van der Waals surface area contributed by atoms with Crippen LogP contribution in [0.1, 0.15) is 6.92 Å². The van der Waals surface area contributed by atoms with E-state index >= 15 is 0 Å². The predicted molar refractivity (Wildman–Crippen MR) is 27.8 cm³/mol. The first-order valence-electron chi connectivity index (χ1n) is 0.928. The average molecular weight is 191 g/mol. The Labute approximate surface area is 62.3 Å². The fraction of sp³-hybridized carbons (Fsp3) is 0.500. The minimum Gasteiger partial charge on any atom is -0.481 e. The molecule has 0 heterocycles. The van der Waals surface area contributed by atoms with Crippen molar-refractivity contribution in [3.8, 4) is 0 Å². The number of carboxylic acid groups (broad SMARTS) is 1. The summed E-state index contributed by atoms with van der Waals surface area (Å²) in [7, 11) is 0. The van der Waals surface area contributed by atoms with Gasteiger partial charge in [0.2, 0.25) is 0 Å². The third-order valence-electron chi connectivity index (χ3n) is 0. The molecule has 0 saturated heterocycles. The van der Waals surface area contributed by atoms with Gasteiger partial charge in [-0.15, -0.1) is 0 Å². The molecule has 1 radical (unpaired) electrons. The molecule has 0 aliphatic rings. The largest absolute Gasteiger partial charge is 0.481 e. The third kappa shape index (κ3) is 7850. The van der Waals surface area contributed by atoms with Crippen molar-refractivity contribution in [2.75, 3.05) is 0 Å². The van der Waals surface area contributed by atoms with Crippen molar-refractivity contribution in [2.24, 2.45) is 0 Å². The molecule has 0 aromatic carbocycles. The van der Waals surface area contributed by atoms with Crippen molar-refractivity contribution in [3.05, 3.63) is 0 Å². The zero-order chi connectivity index (χ0) is 3.58. The molecule has 9 N–H and O–H groups in total. The molecule has 65 valence electrons. The van der Waals surface area contributed by atoms with Crippen LogP contribution in [0.5, 0.6) is 0 Å². The average Bonchev–Trinajstić information content (AvgIpc) is 0.811. The maximum atomic E-state index is 9.00. The van der Waals surface area contributed by atoms with Crippen molar-refractivity contribution in [3.63, 3.8) is 0 Å². The van der Waals surface area contributed by atoms with Gasteiger partial charge >= 0.3 is 0 Å². The van der Waals surface area contributed by atoms with Gasteiger partial charge < -0.3 is 27.0 Å². The predicted octanol–water partition coefficient (Wildman–Crippen LogP) is -3.21. The van der Waals surface area contributed by atoms with E-state index in [1.807, 2.05) is 0 Å². The molecule has 0 fully saturated rings. The fourth-order valence-corrected chi connectivity index (χ4v) is 0. The summed E-state index contributed by atoms with van der Waals surface area (Å²) in [5.41, 5.74) is 0. The minimum absolute atomic E-state index is 0. The van der Waals surface area contributed by atoms with E-state index in [-0.39, 0.29) is 38.7 Å². The first kappa shape index (κ1) is 67.9. The molecule has 0 atom stereocenters. The van der Waals surface area contributed by atoms with E-state index in [1.165, 1.54) is 0 Å². The van der Waals surface area contributed by atoms with Crippen LogP contribution in [0.25, 0.3) is 0 Å². The molecule has 0 amide bonds. The zero-order valence-electron chi connectivity index (χ0n) is 4.69. The van der Waals surface area contributed by atoms with Crippen molar-refractivity contribution in [1.82, 2.24) is 0 Å². The van der Waals surface area contributed by atoms with E-state index in [1.54, 1.807) is 0 Å². The molecule has 0 aromatic heterocycles. The summed E-state index contributed by atoms with van der Waals surface area (Å²) < 4.78 is 0. The van der Waals surface area contributed by atoms with Crippen LogP contribution < -0.4 is 0 Å². The summed E-state index contributed by atoms with van der Waals surface area (Å²) in [5, 5.41) is 7.42. The Morgan fingerprint density at radius 3 is 1.11 bits per heavy atom. The Balaban J connectivity index is -0.00000000450. The molecule has 0 aliphatic heterocycles. The molecule has 0 spiro atoms. The second-order valence-electron chi connectivity index (χ2n) is 0.519. The summed E-state index contributed by atoms with van der Waals surface area (Å²) in [4.78, 5) is 9.00. The molecule has 7 heteroatoms. The van der Waals surface area contributed by atoms with Gasteiger partial charge in [-0.05, 0) is 0 Å². The Hall–Kier alpha value is -0.184. The Bertz CT molecular complexity index is 34.0. The molecule has 0 rings (SSSR count). The topological polar surface area (TPSA) is 163 Å². The van der Waals surface area contributed by atoms with E-state index in [4.69, 9.17) is 9.90 Å². The number of carboxylic acids is 1. The first-order valence-corrected chi connectivity index (χ1v) is 0.928. The SMILES string of the molecule is CC(=O)O.O.O.O.O.[Co]. The maximum Gasteiger partial charge on any atom is 0.300 e. The smallest absolute Gasteiger partial charge is 0.300 e. The van der Waals surface area contributed by atoms with Crippen molar-refractivity contribution >= 4 is 5.97 Å². The number of hydrogen-bond acceptors (Lipinski definition) is 1. The van der Waals surface area contributed by atoms with Gasteiger partial charge in [0.25, 0.3) is 5.97 Å². The van der Waals surface area contributed by atoms with E-state index in [0.29, 0.717) is 0 Å². The molecular weight excluding hydrogens is 179 g/mol. The molecule has 0 aromatic rings. The minimum atomic E-state index is -0.833. The summed E-state index contributed by atoms with van der Waals surface area (Å²) >= 11 is 0. The zero-order valence-corrected chi connectivity index (χ0v) is 5.73. The van der Waals surface area contributed by atoms with Crippen LogP contribution in [-0.4, -0.2) is 33.0 Å². The molecular formula is C2H12CoO6. The number of carbonyl (C=O) groups is 1. The standard InChI is InChI=1S/C2H4O2.Co.4H2O/c1-2(3)4;;;;;/h1H3,(H,3,4);;4*1H2. The molecule has 0 bridgehead atoms. The summed E-state index contributed by atoms with van der Waals surface area (Å²) in [6.45, 7) is 1.08. The van der Waals surface area contributed by atoms with Gasteiger partial charge in [0.1, 0.15) is 0 Å². The van der Waals surface area contributed by atoms with Crippen LogP contribution >= 0.6 is 0 Å². The molecule has 6 nitrogen and oxygen atoms in total. The van der Waals surface area contributed by atoms with Crippen LogP contribution in [0.2, 0.25) is 0 Å². The van der Waals surface area contributed by atoms with Crippen molar-refractivity contribution in [2.45, 2.75) is 6.92 Å². The summed E-state index contributed by atoms with van der Waals surface area (Å²) in [6.07, 6.45) is 0. The summed E-state index contributed by atoms with van der Waals surface area (Å²) in [6, 6.07) is 0. The quantitative estimate of drug-likeness (QED) is 0.426. The van der Waals surface area contributed by atoms with E-state index in [0.717, 1.165) is 6.92 Å². The van der Waals surface area contributed by atoms with E-state index in [9.17, 15) is 0 Å². The number of aliphatic carboxylic acids is 1. The van der Waals surface area contributed by atoms with Gasteiger partial charge in [0.15, 0.2) is 0 Å². The van der Waals surface area contributed by atoms with Crippen LogP contribution in [0, 0.1) is 0 Å². The second-order valence-corrected chi connectivity index (χ2v) is 0.519. The number of hydrogen-bond donors (Lipinski definition) is 1. The Morgan fingerprint density at radius 2 is 1.11 bits per heavy atom. The van der Waals surface area contributed by atoms with Gasteiger partial charge in [-0.25, -0.2) is 0 Å². The normalized spacial score (nSPS) is 2.78. The molecule has 0 aliphatic carbocycles. The molecule has 9 heavy (non-hydrogen) atoms. The molecule has 0 unspecified atom stereocenters. The monoisotopic (exact) mass is 191 g/mol. The number of rotatable bonds is 0. The summed E-state index contributed by atoms with van der Waals surface area (Å²) in [5.74, 6) is -0.833. The van der Waals surface area contributed by atoms with E-state index in [2.05, 4.69) is 0 Å². The first-order chi connectivity index (χ1) is 1.73. The maximum absolute atomic E-state index is 9.00. The van der Waals surface area contributed by atoms with Gasteiger partial charge in [-0.3, -0.25) is 4.79 Å². The van der Waals surface area contributed by atoms with Gasteiger partial charge in [0.05, 0.1) is 0 Å². The second kappa shape index (κ2) is 45.8. The van der Waals surface area contributed by atoms with Gasteiger partial charge in [-0.1, -0.05) is 0 Å². The Morgan fingerprint density at radius 1 is 1.11 bits per heavy atom. The van der Waals surface area contributed by atoms with Crippen molar-refractivity contribution in [1.29, 1.82) is 0 Å². The molecule has 0 saturated carbocycles. The van der Waals surface area contributed by atoms with Crippen LogP contribution in [0.4, 0.5) is 0 Å². The van der Waals surface area contributed by atoms with Crippen LogP contribution in [0.15, 0.2) is 0 Å². The van der Waals surface area contributed by atoms with E-state index < -0.39 is 5.97 Å².